The maximum atomic E-state index is 5.16. The summed E-state index contributed by atoms with van der Waals surface area (Å²) in [5, 5.41) is 1.53. The Labute approximate surface area is 79.7 Å². The van der Waals surface area contributed by atoms with Crippen LogP contribution in [0.15, 0.2) is 16.9 Å². The van der Waals surface area contributed by atoms with Crippen molar-refractivity contribution in [3.63, 3.8) is 0 Å². The first kappa shape index (κ1) is 9.41. The summed E-state index contributed by atoms with van der Waals surface area (Å²) in [7, 11) is 1.77. The summed E-state index contributed by atoms with van der Waals surface area (Å²) >= 11 is 3.25. The molecule has 0 N–H and O–H groups in total. The van der Waals surface area contributed by atoms with Gasteiger partial charge in [0.15, 0.2) is 0 Å². The third-order valence-electron chi connectivity index (χ3n) is 1.21. The number of aromatic nitrogens is 2. The second-order valence-corrected chi connectivity index (χ2v) is 3.03. The third-order valence-corrected chi connectivity index (χ3v) is 1.62. The molecule has 0 saturated heterocycles. The average Bonchev–Trinajstić information content (AvgIpc) is 2.06. The van der Waals surface area contributed by atoms with Crippen LogP contribution >= 0.6 is 15.9 Å². The second kappa shape index (κ2) is 4.37. The third kappa shape index (κ3) is 2.42. The fraction of sp³-hybridized carbons (Fsp3) is 0.429. The molecule has 0 amide bonds. The Morgan fingerprint density at radius 1 is 1.50 bits per heavy atom. The van der Waals surface area contributed by atoms with Crippen LogP contribution in [-0.4, -0.2) is 23.6 Å². The summed E-state index contributed by atoms with van der Waals surface area (Å²) in [6.07, 6.45) is 3.36. The molecule has 1 aromatic rings. The van der Waals surface area contributed by atoms with Crippen molar-refractivity contribution in [1.29, 1.82) is 0 Å². The Morgan fingerprint density at radius 3 is 2.58 bits per heavy atom. The monoisotopic (exact) mass is 231 g/mol. The molecule has 0 unspecified atom stereocenters. The van der Waals surface area contributed by atoms with Crippen molar-refractivity contribution in [2.45, 2.75) is 6.92 Å². The van der Waals surface area contributed by atoms with Crippen LogP contribution in [-0.2, 0) is 4.84 Å². The lowest BCUT2D eigenvalue weighted by Gasteiger charge is -2.14. The minimum absolute atomic E-state index is 0.556. The van der Waals surface area contributed by atoms with Crippen molar-refractivity contribution < 1.29 is 4.84 Å². The predicted octanol–water partition coefficient (Wildman–Crippen LogP) is 1.63. The van der Waals surface area contributed by atoms with Gasteiger partial charge >= 0.3 is 0 Å². The Hall–Kier alpha value is -0.680. The number of hydrogen-bond acceptors (Lipinski definition) is 4. The molecule has 0 saturated carbocycles. The largest absolute Gasteiger partial charge is 0.271 e. The van der Waals surface area contributed by atoms with Crippen molar-refractivity contribution in [2.24, 2.45) is 0 Å². The first-order chi connectivity index (χ1) is 5.74. The van der Waals surface area contributed by atoms with Crippen LogP contribution in [0.2, 0.25) is 0 Å². The molecule has 1 rings (SSSR count). The molecule has 0 bridgehead atoms. The number of hydrogen-bond donors (Lipinski definition) is 0. The van der Waals surface area contributed by atoms with Crippen molar-refractivity contribution in [3.05, 3.63) is 16.9 Å². The molecule has 0 aliphatic heterocycles. The summed E-state index contributed by atoms with van der Waals surface area (Å²) in [4.78, 5) is 13.2. The number of nitrogens with zero attached hydrogens (tertiary/aromatic N) is 3. The fourth-order valence-corrected chi connectivity index (χ4v) is 0.924. The second-order valence-electron chi connectivity index (χ2n) is 2.12. The molecule has 0 spiro atoms. The quantitative estimate of drug-likeness (QED) is 0.742. The Morgan fingerprint density at radius 2 is 2.08 bits per heavy atom. The van der Waals surface area contributed by atoms with Gasteiger partial charge in [-0.25, -0.2) is 15.0 Å². The van der Waals surface area contributed by atoms with E-state index in [9.17, 15) is 0 Å². The highest BCUT2D eigenvalue weighted by molar-refractivity contribution is 9.10. The number of halogens is 1. The van der Waals surface area contributed by atoms with Crippen LogP contribution in [0.3, 0.4) is 0 Å². The lowest BCUT2D eigenvalue weighted by atomic mass is 10.7. The van der Waals surface area contributed by atoms with Gasteiger partial charge in [-0.1, -0.05) is 0 Å². The molecule has 5 heteroatoms. The van der Waals surface area contributed by atoms with Crippen LogP contribution in [0.1, 0.15) is 6.92 Å². The lowest BCUT2D eigenvalue weighted by Crippen LogP contribution is -2.19. The number of anilines is 1. The van der Waals surface area contributed by atoms with E-state index < -0.39 is 0 Å². The molecule has 0 radical (unpaired) electrons. The van der Waals surface area contributed by atoms with E-state index in [1.54, 1.807) is 19.4 Å². The topological polar surface area (TPSA) is 38.2 Å². The summed E-state index contributed by atoms with van der Waals surface area (Å²) < 4.78 is 0.858. The van der Waals surface area contributed by atoms with E-state index in [2.05, 4.69) is 25.9 Å². The molecular formula is C7H10BrN3O. The van der Waals surface area contributed by atoms with Gasteiger partial charge in [-0.2, -0.15) is 0 Å². The molecular weight excluding hydrogens is 222 g/mol. The zero-order valence-corrected chi connectivity index (χ0v) is 8.58. The van der Waals surface area contributed by atoms with Crippen molar-refractivity contribution in [3.8, 4) is 0 Å². The van der Waals surface area contributed by atoms with Gasteiger partial charge < -0.3 is 0 Å². The molecule has 1 heterocycles. The summed E-state index contributed by atoms with van der Waals surface area (Å²) in [5.74, 6) is 0.556. The highest BCUT2D eigenvalue weighted by Crippen LogP contribution is 2.09. The zero-order valence-electron chi connectivity index (χ0n) is 6.99. The predicted molar refractivity (Wildman–Crippen MR) is 49.8 cm³/mol. The standard InChI is InChI=1S/C7H10BrN3O/c1-3-12-11(2)7-9-4-6(8)5-10-7/h4-5H,3H2,1-2H3. The van der Waals surface area contributed by atoms with E-state index in [4.69, 9.17) is 4.84 Å². The maximum absolute atomic E-state index is 5.16. The van der Waals surface area contributed by atoms with Crippen LogP contribution in [0.4, 0.5) is 5.95 Å². The first-order valence-electron chi connectivity index (χ1n) is 3.58. The van der Waals surface area contributed by atoms with E-state index in [1.807, 2.05) is 6.92 Å². The minimum Gasteiger partial charge on any atom is -0.271 e. The molecule has 0 aromatic carbocycles. The van der Waals surface area contributed by atoms with Crippen molar-refractivity contribution >= 4 is 21.9 Å². The van der Waals surface area contributed by atoms with Gasteiger partial charge in [-0.15, -0.1) is 0 Å². The SMILES string of the molecule is CCON(C)c1ncc(Br)cn1. The van der Waals surface area contributed by atoms with Gasteiger partial charge in [0, 0.05) is 19.4 Å². The molecule has 1 aromatic heterocycles. The maximum Gasteiger partial charge on any atom is 0.249 e. The smallest absolute Gasteiger partial charge is 0.249 e. The molecule has 0 aliphatic rings. The van der Waals surface area contributed by atoms with Crippen LogP contribution in [0.25, 0.3) is 0 Å². The van der Waals surface area contributed by atoms with E-state index >= 15 is 0 Å². The fourth-order valence-electron chi connectivity index (χ4n) is 0.719. The number of hydroxylamine groups is 1. The van der Waals surface area contributed by atoms with Crippen LogP contribution in [0.5, 0.6) is 0 Å². The summed E-state index contributed by atoms with van der Waals surface area (Å²) in [6.45, 7) is 2.52. The highest BCUT2D eigenvalue weighted by Gasteiger charge is 2.01. The van der Waals surface area contributed by atoms with Gasteiger partial charge in [-0.05, 0) is 22.9 Å². The van der Waals surface area contributed by atoms with Crippen LogP contribution in [0, 0.1) is 0 Å². The molecule has 12 heavy (non-hydrogen) atoms. The molecule has 4 nitrogen and oxygen atoms in total. The molecule has 0 fully saturated rings. The van der Waals surface area contributed by atoms with Gasteiger partial charge in [0.1, 0.15) is 0 Å². The first-order valence-corrected chi connectivity index (χ1v) is 4.37. The van der Waals surface area contributed by atoms with Crippen LogP contribution < -0.4 is 5.06 Å². The number of rotatable bonds is 3. The average molecular weight is 232 g/mol. The molecule has 0 atom stereocenters. The van der Waals surface area contributed by atoms with Gasteiger partial charge in [0.05, 0.1) is 11.1 Å². The summed E-state index contributed by atoms with van der Waals surface area (Å²) in [6, 6.07) is 0. The van der Waals surface area contributed by atoms with E-state index in [0.29, 0.717) is 12.6 Å². The Balaban J connectivity index is 2.68. The molecule has 0 aliphatic carbocycles. The Bertz CT molecular complexity index is 239. The van der Waals surface area contributed by atoms with Crippen molar-refractivity contribution in [2.75, 3.05) is 18.7 Å². The van der Waals surface area contributed by atoms with E-state index in [1.165, 1.54) is 5.06 Å². The Kier molecular flexibility index (Phi) is 3.43. The van der Waals surface area contributed by atoms with Gasteiger partial charge in [0.25, 0.3) is 0 Å². The summed E-state index contributed by atoms with van der Waals surface area (Å²) in [5.41, 5.74) is 0. The minimum atomic E-state index is 0.556. The van der Waals surface area contributed by atoms with E-state index in [0.717, 1.165) is 4.47 Å². The molecule has 66 valence electrons. The van der Waals surface area contributed by atoms with Gasteiger partial charge in [-0.3, -0.25) is 4.84 Å². The van der Waals surface area contributed by atoms with E-state index in [-0.39, 0.29) is 0 Å². The zero-order chi connectivity index (χ0) is 8.97. The van der Waals surface area contributed by atoms with Gasteiger partial charge in [0.2, 0.25) is 5.95 Å². The van der Waals surface area contributed by atoms with Crippen molar-refractivity contribution in [1.82, 2.24) is 9.97 Å². The normalized spacial score (nSPS) is 9.92. The lowest BCUT2D eigenvalue weighted by molar-refractivity contribution is 0.131. The highest BCUT2D eigenvalue weighted by atomic mass is 79.9.